The van der Waals surface area contributed by atoms with Gasteiger partial charge in [-0.15, -0.1) is 0 Å². The van der Waals surface area contributed by atoms with Gasteiger partial charge in [-0.05, 0) is 37.5 Å². The predicted octanol–water partition coefficient (Wildman–Crippen LogP) is 3.55. The van der Waals surface area contributed by atoms with Crippen molar-refractivity contribution < 1.29 is 19.1 Å². The van der Waals surface area contributed by atoms with Gasteiger partial charge in [-0.2, -0.15) is 5.26 Å². The van der Waals surface area contributed by atoms with Gasteiger partial charge in [0.1, 0.15) is 17.4 Å². The summed E-state index contributed by atoms with van der Waals surface area (Å²) in [6.45, 7) is 3.83. The highest BCUT2D eigenvalue weighted by atomic mass is 16.5. The van der Waals surface area contributed by atoms with Crippen molar-refractivity contribution in [2.24, 2.45) is 0 Å². The van der Waals surface area contributed by atoms with Gasteiger partial charge in [-0.3, -0.25) is 9.59 Å². The standard InChI is InChI=1S/C19H24N2O4/c1-3-11-24-19(9-5-4-6-10-19)18(23)21-16-7-8-17(25-14(2)22)15(12-16)13-20/h7-8,12H,3-6,9-11H2,1-2H3,(H,21,23). The number of amides is 1. The minimum atomic E-state index is -0.796. The fraction of sp³-hybridized carbons (Fsp3) is 0.526. The third-order valence-electron chi connectivity index (χ3n) is 4.27. The Morgan fingerprint density at radius 3 is 2.60 bits per heavy atom. The second-order valence-electron chi connectivity index (χ2n) is 6.27. The molecule has 1 amide bonds. The quantitative estimate of drug-likeness (QED) is 0.630. The van der Waals surface area contributed by atoms with E-state index < -0.39 is 11.6 Å². The molecule has 25 heavy (non-hydrogen) atoms. The third-order valence-corrected chi connectivity index (χ3v) is 4.27. The molecule has 6 nitrogen and oxygen atoms in total. The number of anilines is 1. The zero-order valence-electron chi connectivity index (χ0n) is 14.8. The summed E-state index contributed by atoms with van der Waals surface area (Å²) >= 11 is 0. The molecule has 1 aromatic carbocycles. The lowest BCUT2D eigenvalue weighted by atomic mass is 9.83. The number of nitrogens with one attached hydrogen (secondary N) is 1. The van der Waals surface area contributed by atoms with Gasteiger partial charge in [0.2, 0.25) is 0 Å². The summed E-state index contributed by atoms with van der Waals surface area (Å²) < 4.78 is 10.9. The summed E-state index contributed by atoms with van der Waals surface area (Å²) in [5, 5.41) is 12.1. The minimum Gasteiger partial charge on any atom is -0.425 e. The van der Waals surface area contributed by atoms with E-state index in [0.29, 0.717) is 25.1 Å². The van der Waals surface area contributed by atoms with E-state index in [1.54, 1.807) is 6.07 Å². The molecule has 1 N–H and O–H groups in total. The molecule has 0 aliphatic heterocycles. The Morgan fingerprint density at radius 2 is 2.00 bits per heavy atom. The normalized spacial score (nSPS) is 15.9. The Balaban J connectivity index is 2.17. The van der Waals surface area contributed by atoms with Crippen LogP contribution in [0.15, 0.2) is 18.2 Å². The van der Waals surface area contributed by atoms with Crippen LogP contribution in [0.1, 0.15) is 57.9 Å². The maximum Gasteiger partial charge on any atom is 0.308 e. The van der Waals surface area contributed by atoms with Crippen molar-refractivity contribution in [1.29, 1.82) is 5.26 Å². The topological polar surface area (TPSA) is 88.4 Å². The fourth-order valence-electron chi connectivity index (χ4n) is 3.04. The summed E-state index contributed by atoms with van der Waals surface area (Å²) in [5.74, 6) is -0.491. The van der Waals surface area contributed by atoms with E-state index in [9.17, 15) is 14.9 Å². The second kappa shape index (κ2) is 8.63. The van der Waals surface area contributed by atoms with E-state index in [1.165, 1.54) is 19.1 Å². The maximum atomic E-state index is 12.9. The number of nitriles is 1. The fourth-order valence-corrected chi connectivity index (χ4v) is 3.04. The molecule has 1 saturated carbocycles. The van der Waals surface area contributed by atoms with Crippen LogP contribution in [-0.4, -0.2) is 24.1 Å². The first-order valence-electron chi connectivity index (χ1n) is 8.69. The second-order valence-corrected chi connectivity index (χ2v) is 6.27. The lowest BCUT2D eigenvalue weighted by Gasteiger charge is -2.35. The van der Waals surface area contributed by atoms with Crippen molar-refractivity contribution in [2.45, 2.75) is 58.0 Å². The van der Waals surface area contributed by atoms with Crippen LogP contribution in [0, 0.1) is 11.3 Å². The lowest BCUT2D eigenvalue weighted by molar-refractivity contribution is -0.146. The summed E-state index contributed by atoms with van der Waals surface area (Å²) in [7, 11) is 0. The zero-order valence-corrected chi connectivity index (χ0v) is 14.8. The van der Waals surface area contributed by atoms with Crippen LogP contribution in [0.5, 0.6) is 5.75 Å². The molecule has 1 aliphatic rings. The van der Waals surface area contributed by atoms with Crippen molar-refractivity contribution in [3.8, 4) is 11.8 Å². The van der Waals surface area contributed by atoms with Gasteiger partial charge in [0, 0.05) is 19.2 Å². The molecule has 0 spiro atoms. The molecular weight excluding hydrogens is 320 g/mol. The summed E-state index contributed by atoms with van der Waals surface area (Å²) in [6, 6.07) is 6.61. The van der Waals surface area contributed by atoms with E-state index in [0.717, 1.165) is 25.7 Å². The van der Waals surface area contributed by atoms with Crippen LogP contribution < -0.4 is 10.1 Å². The van der Waals surface area contributed by atoms with Gasteiger partial charge in [0.05, 0.1) is 5.56 Å². The van der Waals surface area contributed by atoms with Gasteiger partial charge in [0.15, 0.2) is 0 Å². The molecule has 1 fully saturated rings. The highest BCUT2D eigenvalue weighted by molar-refractivity contribution is 5.97. The number of carbonyl (C=O) groups excluding carboxylic acids is 2. The number of rotatable bonds is 6. The minimum absolute atomic E-state index is 0.176. The smallest absolute Gasteiger partial charge is 0.308 e. The first kappa shape index (κ1) is 18.9. The average Bonchev–Trinajstić information content (AvgIpc) is 2.61. The SMILES string of the molecule is CCCOC1(C(=O)Nc2ccc(OC(C)=O)c(C#N)c2)CCCCC1. The Kier molecular flexibility index (Phi) is 6.54. The van der Waals surface area contributed by atoms with Crippen molar-refractivity contribution in [2.75, 3.05) is 11.9 Å². The van der Waals surface area contributed by atoms with Gasteiger partial charge in [-0.25, -0.2) is 0 Å². The number of hydrogen-bond acceptors (Lipinski definition) is 5. The number of benzene rings is 1. The molecule has 0 bridgehead atoms. The van der Waals surface area contributed by atoms with Crippen molar-refractivity contribution in [3.05, 3.63) is 23.8 Å². The first-order valence-corrected chi connectivity index (χ1v) is 8.69. The number of carbonyl (C=O) groups is 2. The van der Waals surface area contributed by atoms with Crippen molar-refractivity contribution >= 4 is 17.6 Å². The van der Waals surface area contributed by atoms with E-state index in [2.05, 4.69) is 5.32 Å². The Morgan fingerprint density at radius 1 is 1.28 bits per heavy atom. The number of esters is 1. The van der Waals surface area contributed by atoms with E-state index in [4.69, 9.17) is 9.47 Å². The Labute approximate surface area is 148 Å². The van der Waals surface area contributed by atoms with E-state index in [1.807, 2.05) is 13.0 Å². The van der Waals surface area contributed by atoms with Crippen LogP contribution in [0.3, 0.4) is 0 Å². The van der Waals surface area contributed by atoms with Crippen LogP contribution in [0.4, 0.5) is 5.69 Å². The van der Waals surface area contributed by atoms with Gasteiger partial charge in [0.25, 0.3) is 5.91 Å². The van der Waals surface area contributed by atoms with Crippen LogP contribution >= 0.6 is 0 Å². The third kappa shape index (κ3) is 4.80. The van der Waals surface area contributed by atoms with Gasteiger partial charge >= 0.3 is 5.97 Å². The molecular formula is C19H24N2O4. The number of hydrogen-bond donors (Lipinski definition) is 1. The predicted molar refractivity (Wildman–Crippen MR) is 93.2 cm³/mol. The van der Waals surface area contributed by atoms with Crippen LogP contribution in [0.25, 0.3) is 0 Å². The van der Waals surface area contributed by atoms with Crippen LogP contribution in [-0.2, 0) is 14.3 Å². The molecule has 0 unspecified atom stereocenters. The van der Waals surface area contributed by atoms with Gasteiger partial charge in [-0.1, -0.05) is 26.2 Å². The summed E-state index contributed by atoms with van der Waals surface area (Å²) in [4.78, 5) is 23.9. The highest BCUT2D eigenvalue weighted by Crippen LogP contribution is 2.33. The Bertz CT molecular complexity index is 672. The molecule has 1 aromatic rings. The van der Waals surface area contributed by atoms with Crippen molar-refractivity contribution in [1.82, 2.24) is 0 Å². The molecule has 0 radical (unpaired) electrons. The number of nitrogens with zero attached hydrogens (tertiary/aromatic N) is 1. The molecule has 0 heterocycles. The van der Waals surface area contributed by atoms with E-state index in [-0.39, 0.29) is 17.2 Å². The van der Waals surface area contributed by atoms with Gasteiger partial charge < -0.3 is 14.8 Å². The molecule has 0 saturated heterocycles. The lowest BCUT2D eigenvalue weighted by Crippen LogP contribution is -2.47. The summed E-state index contributed by atoms with van der Waals surface area (Å²) in [6.07, 6.45) is 5.30. The van der Waals surface area contributed by atoms with Crippen LogP contribution in [0.2, 0.25) is 0 Å². The average molecular weight is 344 g/mol. The largest absolute Gasteiger partial charge is 0.425 e. The molecule has 0 atom stereocenters. The Hall–Kier alpha value is -2.39. The number of ether oxygens (including phenoxy) is 2. The van der Waals surface area contributed by atoms with Crippen molar-refractivity contribution in [3.63, 3.8) is 0 Å². The molecule has 0 aromatic heterocycles. The zero-order chi connectivity index (χ0) is 18.3. The monoisotopic (exact) mass is 344 g/mol. The molecule has 6 heteroatoms. The summed E-state index contributed by atoms with van der Waals surface area (Å²) in [5.41, 5.74) is -0.113. The highest BCUT2D eigenvalue weighted by Gasteiger charge is 2.40. The molecule has 1 aliphatic carbocycles. The first-order chi connectivity index (χ1) is 12.0. The maximum absolute atomic E-state index is 12.9. The molecule has 134 valence electrons. The molecule has 2 rings (SSSR count). The van der Waals surface area contributed by atoms with E-state index >= 15 is 0 Å².